The average Bonchev–Trinajstić information content (AvgIpc) is 2.58. The molecule has 2 heteroatoms. The Hall–Kier alpha value is -0.0800. The summed E-state index contributed by atoms with van der Waals surface area (Å²) in [5.74, 6) is 0.914. The molecule has 1 aliphatic carbocycles. The van der Waals surface area contributed by atoms with E-state index in [1.165, 1.54) is 71.0 Å². The zero-order valence-corrected chi connectivity index (χ0v) is 10.9. The molecule has 2 nitrogen and oxygen atoms in total. The third-order valence-corrected chi connectivity index (χ3v) is 4.47. The lowest BCUT2D eigenvalue weighted by molar-refractivity contribution is 0.175. The van der Waals surface area contributed by atoms with Crippen LogP contribution in [0.5, 0.6) is 0 Å². The molecule has 0 spiro atoms. The third kappa shape index (κ3) is 3.46. The minimum atomic E-state index is 0.789. The van der Waals surface area contributed by atoms with Gasteiger partial charge in [-0.3, -0.25) is 0 Å². The second kappa shape index (κ2) is 6.61. The number of likely N-dealkylation sites (tertiary alicyclic amines) is 1. The van der Waals surface area contributed by atoms with Gasteiger partial charge in [0.15, 0.2) is 0 Å². The van der Waals surface area contributed by atoms with Crippen LogP contribution in [0.25, 0.3) is 0 Å². The minimum Gasteiger partial charge on any atom is -0.317 e. The standard InChI is InChI=1S/C14H28N2/c1-15-14-9-5-4-8-13(14)12-16-10-6-2-3-7-11-16/h13-15H,2-12H2,1H3/t13-,14+/m0/s1. The molecule has 1 N–H and O–H groups in total. The predicted molar refractivity (Wildman–Crippen MR) is 69.7 cm³/mol. The fraction of sp³-hybridized carbons (Fsp3) is 1.00. The van der Waals surface area contributed by atoms with Gasteiger partial charge in [-0.05, 0) is 51.7 Å². The van der Waals surface area contributed by atoms with Crippen LogP contribution >= 0.6 is 0 Å². The van der Waals surface area contributed by atoms with E-state index >= 15 is 0 Å². The Kier molecular flexibility index (Phi) is 5.11. The van der Waals surface area contributed by atoms with E-state index in [1.54, 1.807) is 0 Å². The lowest BCUT2D eigenvalue weighted by Gasteiger charge is -2.35. The predicted octanol–water partition coefficient (Wildman–Crippen LogP) is 2.64. The summed E-state index contributed by atoms with van der Waals surface area (Å²) >= 11 is 0. The average molecular weight is 224 g/mol. The number of nitrogens with zero attached hydrogens (tertiary/aromatic N) is 1. The fourth-order valence-corrected chi connectivity index (χ4v) is 3.46. The van der Waals surface area contributed by atoms with Crippen molar-refractivity contribution >= 4 is 0 Å². The Balaban J connectivity index is 1.81. The van der Waals surface area contributed by atoms with Gasteiger partial charge < -0.3 is 10.2 Å². The van der Waals surface area contributed by atoms with Crippen molar-refractivity contribution in [2.24, 2.45) is 5.92 Å². The molecule has 0 aromatic heterocycles. The van der Waals surface area contributed by atoms with Gasteiger partial charge in [0, 0.05) is 12.6 Å². The van der Waals surface area contributed by atoms with Gasteiger partial charge >= 0.3 is 0 Å². The van der Waals surface area contributed by atoms with E-state index in [0.29, 0.717) is 0 Å². The van der Waals surface area contributed by atoms with Gasteiger partial charge in [-0.1, -0.05) is 25.7 Å². The summed E-state index contributed by atoms with van der Waals surface area (Å²) in [6, 6.07) is 0.789. The lowest BCUT2D eigenvalue weighted by Crippen LogP contribution is -2.43. The lowest BCUT2D eigenvalue weighted by atomic mass is 9.84. The first kappa shape index (κ1) is 12.4. The molecule has 1 saturated heterocycles. The summed E-state index contributed by atoms with van der Waals surface area (Å²) in [6.07, 6.45) is 11.5. The van der Waals surface area contributed by atoms with Crippen LogP contribution in [0.4, 0.5) is 0 Å². The van der Waals surface area contributed by atoms with Crippen molar-refractivity contribution in [2.45, 2.75) is 57.4 Å². The van der Waals surface area contributed by atoms with E-state index in [-0.39, 0.29) is 0 Å². The molecule has 2 rings (SSSR count). The first-order chi connectivity index (χ1) is 7.90. The van der Waals surface area contributed by atoms with Crippen LogP contribution in [-0.4, -0.2) is 37.6 Å². The van der Waals surface area contributed by atoms with Crippen molar-refractivity contribution in [3.05, 3.63) is 0 Å². The molecule has 0 aromatic rings. The van der Waals surface area contributed by atoms with Crippen LogP contribution in [0.3, 0.4) is 0 Å². The Morgan fingerprint density at radius 2 is 1.62 bits per heavy atom. The summed E-state index contributed by atoms with van der Waals surface area (Å²) in [6.45, 7) is 4.06. The summed E-state index contributed by atoms with van der Waals surface area (Å²) in [5.41, 5.74) is 0. The normalized spacial score (nSPS) is 33.6. The van der Waals surface area contributed by atoms with Crippen LogP contribution < -0.4 is 5.32 Å². The van der Waals surface area contributed by atoms with Gasteiger partial charge in [0.25, 0.3) is 0 Å². The van der Waals surface area contributed by atoms with Gasteiger partial charge in [0.1, 0.15) is 0 Å². The maximum Gasteiger partial charge on any atom is 0.0104 e. The van der Waals surface area contributed by atoms with Crippen LogP contribution in [0, 0.1) is 5.92 Å². The summed E-state index contributed by atoms with van der Waals surface area (Å²) in [5, 5.41) is 3.53. The molecule has 1 heterocycles. The van der Waals surface area contributed by atoms with Crippen molar-refractivity contribution in [3.63, 3.8) is 0 Å². The number of hydrogen-bond donors (Lipinski definition) is 1. The van der Waals surface area contributed by atoms with Crippen LogP contribution in [0.1, 0.15) is 51.4 Å². The highest BCUT2D eigenvalue weighted by molar-refractivity contribution is 4.82. The maximum absolute atomic E-state index is 3.53. The smallest absolute Gasteiger partial charge is 0.0104 e. The minimum absolute atomic E-state index is 0.789. The third-order valence-electron chi connectivity index (χ3n) is 4.47. The molecule has 0 bridgehead atoms. The van der Waals surface area contributed by atoms with Gasteiger partial charge in [0.05, 0.1) is 0 Å². The summed E-state index contributed by atoms with van der Waals surface area (Å²) in [7, 11) is 2.14. The van der Waals surface area contributed by atoms with E-state index < -0.39 is 0 Å². The van der Waals surface area contributed by atoms with Crippen molar-refractivity contribution in [3.8, 4) is 0 Å². The van der Waals surface area contributed by atoms with E-state index in [4.69, 9.17) is 0 Å². The first-order valence-electron chi connectivity index (χ1n) is 7.30. The summed E-state index contributed by atoms with van der Waals surface area (Å²) < 4.78 is 0. The van der Waals surface area contributed by atoms with E-state index in [2.05, 4.69) is 17.3 Å². The Morgan fingerprint density at radius 3 is 2.31 bits per heavy atom. The number of nitrogens with one attached hydrogen (secondary N) is 1. The first-order valence-corrected chi connectivity index (χ1v) is 7.30. The molecule has 1 saturated carbocycles. The van der Waals surface area contributed by atoms with Gasteiger partial charge in [-0.2, -0.15) is 0 Å². The quantitative estimate of drug-likeness (QED) is 0.793. The Bertz CT molecular complexity index is 185. The molecule has 0 aromatic carbocycles. The number of rotatable bonds is 3. The zero-order valence-electron chi connectivity index (χ0n) is 10.9. The molecule has 94 valence electrons. The second-order valence-corrected chi connectivity index (χ2v) is 5.65. The Morgan fingerprint density at radius 1 is 0.938 bits per heavy atom. The molecular weight excluding hydrogens is 196 g/mol. The van der Waals surface area contributed by atoms with Crippen molar-refractivity contribution < 1.29 is 0 Å². The molecule has 2 fully saturated rings. The zero-order chi connectivity index (χ0) is 11.2. The Labute approximate surface area is 101 Å². The van der Waals surface area contributed by atoms with Crippen molar-refractivity contribution in [1.82, 2.24) is 10.2 Å². The van der Waals surface area contributed by atoms with E-state index in [1.807, 2.05) is 0 Å². The summed E-state index contributed by atoms with van der Waals surface area (Å²) in [4.78, 5) is 2.73. The fourth-order valence-electron chi connectivity index (χ4n) is 3.46. The number of hydrogen-bond acceptors (Lipinski definition) is 2. The molecule has 2 aliphatic rings. The second-order valence-electron chi connectivity index (χ2n) is 5.65. The monoisotopic (exact) mass is 224 g/mol. The van der Waals surface area contributed by atoms with Crippen LogP contribution in [-0.2, 0) is 0 Å². The topological polar surface area (TPSA) is 15.3 Å². The molecule has 1 aliphatic heterocycles. The van der Waals surface area contributed by atoms with Crippen LogP contribution in [0.15, 0.2) is 0 Å². The van der Waals surface area contributed by atoms with Gasteiger partial charge in [0.2, 0.25) is 0 Å². The molecule has 0 unspecified atom stereocenters. The highest BCUT2D eigenvalue weighted by Crippen LogP contribution is 2.25. The van der Waals surface area contributed by atoms with Gasteiger partial charge in [-0.25, -0.2) is 0 Å². The van der Waals surface area contributed by atoms with Crippen molar-refractivity contribution in [1.29, 1.82) is 0 Å². The van der Waals surface area contributed by atoms with Crippen molar-refractivity contribution in [2.75, 3.05) is 26.7 Å². The SMILES string of the molecule is CN[C@@H]1CCCC[C@H]1CN1CCCCCC1. The van der Waals surface area contributed by atoms with Crippen LogP contribution in [0.2, 0.25) is 0 Å². The largest absolute Gasteiger partial charge is 0.317 e. The molecular formula is C14H28N2. The van der Waals surface area contributed by atoms with E-state index in [9.17, 15) is 0 Å². The molecule has 16 heavy (non-hydrogen) atoms. The molecule has 0 amide bonds. The molecule has 2 atom stereocenters. The van der Waals surface area contributed by atoms with E-state index in [0.717, 1.165) is 12.0 Å². The maximum atomic E-state index is 3.53. The molecule has 0 radical (unpaired) electrons. The van der Waals surface area contributed by atoms with Gasteiger partial charge in [-0.15, -0.1) is 0 Å². The highest BCUT2D eigenvalue weighted by atomic mass is 15.1. The highest BCUT2D eigenvalue weighted by Gasteiger charge is 2.25.